The lowest BCUT2D eigenvalue weighted by atomic mass is 10.1. The van der Waals surface area contributed by atoms with Crippen LogP contribution in [0.1, 0.15) is 40.4 Å². The van der Waals surface area contributed by atoms with Crippen molar-refractivity contribution in [3.8, 4) is 11.3 Å². The zero-order chi connectivity index (χ0) is 26.0. The number of fused-ring (bicyclic) bond motifs is 1. The molecule has 11 heteroatoms. The fraction of sp³-hybridized carbons (Fsp3) is 0.160. The molecule has 0 fully saturated rings. The molecule has 0 aliphatic heterocycles. The van der Waals surface area contributed by atoms with Crippen LogP contribution in [0, 0.1) is 6.92 Å². The van der Waals surface area contributed by atoms with E-state index in [-0.39, 0.29) is 17.3 Å². The van der Waals surface area contributed by atoms with Gasteiger partial charge in [-0.2, -0.15) is 13.2 Å². The molecule has 1 atom stereocenters. The minimum absolute atomic E-state index is 0.208. The number of aryl methyl sites for hydroxylation is 1. The van der Waals surface area contributed by atoms with Crippen molar-refractivity contribution >= 4 is 23.1 Å². The van der Waals surface area contributed by atoms with Crippen LogP contribution in [-0.2, 0) is 11.0 Å². The van der Waals surface area contributed by atoms with E-state index in [9.17, 15) is 22.8 Å². The van der Waals surface area contributed by atoms with Gasteiger partial charge in [0, 0.05) is 29.7 Å². The number of anilines is 1. The number of rotatable bonds is 6. The SMILES string of the molecule is C=CC(=O)N[C@@H](C)c1nc(-c2ccc(C(=O)Nc3cc(C(F)(F)F)ccn3)cc2)c2c(C)nccn12. The lowest BCUT2D eigenvalue weighted by Crippen LogP contribution is -2.26. The lowest BCUT2D eigenvalue weighted by Gasteiger charge is -2.11. The Labute approximate surface area is 203 Å². The van der Waals surface area contributed by atoms with Crippen molar-refractivity contribution in [2.75, 3.05) is 5.32 Å². The number of carbonyl (C=O) groups excluding carboxylic acids is 2. The third kappa shape index (κ3) is 4.95. The summed E-state index contributed by atoms with van der Waals surface area (Å²) in [6.45, 7) is 7.10. The van der Waals surface area contributed by atoms with Crippen LogP contribution in [0.4, 0.5) is 19.0 Å². The Morgan fingerprint density at radius 3 is 2.50 bits per heavy atom. The molecule has 4 rings (SSSR count). The first-order valence-electron chi connectivity index (χ1n) is 10.8. The summed E-state index contributed by atoms with van der Waals surface area (Å²) in [4.78, 5) is 37.3. The van der Waals surface area contributed by atoms with Gasteiger partial charge in [-0.15, -0.1) is 0 Å². The maximum Gasteiger partial charge on any atom is 0.416 e. The van der Waals surface area contributed by atoms with Crippen LogP contribution in [0.2, 0.25) is 0 Å². The zero-order valence-corrected chi connectivity index (χ0v) is 19.3. The Morgan fingerprint density at radius 2 is 1.83 bits per heavy atom. The van der Waals surface area contributed by atoms with Crippen molar-refractivity contribution in [3.63, 3.8) is 0 Å². The molecular weight excluding hydrogens is 473 g/mol. The van der Waals surface area contributed by atoms with Gasteiger partial charge in [0.2, 0.25) is 5.91 Å². The second-order valence-corrected chi connectivity index (χ2v) is 7.94. The monoisotopic (exact) mass is 494 g/mol. The standard InChI is InChI=1S/C25H21F3N6O2/c1-4-20(35)31-15(3)23-33-21(22-14(2)29-11-12-34(22)23)16-5-7-17(8-6-16)24(36)32-19-13-18(9-10-30-19)25(26,27)28/h4-13,15H,1H2,2-3H3,(H,31,35)(H,30,32,36)/t15-/m0/s1. The molecule has 1 aromatic carbocycles. The number of nitrogens with one attached hydrogen (secondary N) is 2. The van der Waals surface area contributed by atoms with E-state index in [1.165, 1.54) is 18.2 Å². The predicted molar refractivity (Wildman–Crippen MR) is 127 cm³/mol. The maximum atomic E-state index is 12.9. The highest BCUT2D eigenvalue weighted by atomic mass is 19.4. The van der Waals surface area contributed by atoms with Crippen LogP contribution in [-0.4, -0.2) is 31.2 Å². The van der Waals surface area contributed by atoms with Crippen LogP contribution >= 0.6 is 0 Å². The largest absolute Gasteiger partial charge is 0.416 e. The first-order chi connectivity index (χ1) is 17.1. The predicted octanol–water partition coefficient (Wildman–Crippen LogP) is 4.73. The van der Waals surface area contributed by atoms with Gasteiger partial charge >= 0.3 is 6.18 Å². The number of amides is 2. The Morgan fingerprint density at radius 1 is 1.11 bits per heavy atom. The van der Waals surface area contributed by atoms with E-state index in [1.54, 1.807) is 31.5 Å². The van der Waals surface area contributed by atoms with Crippen LogP contribution in [0.15, 0.2) is 67.6 Å². The summed E-state index contributed by atoms with van der Waals surface area (Å²) >= 11 is 0. The average Bonchev–Trinajstić information content (AvgIpc) is 3.25. The molecular formula is C25H21F3N6O2. The number of pyridine rings is 1. The zero-order valence-electron chi connectivity index (χ0n) is 19.3. The van der Waals surface area contributed by atoms with Crippen molar-refractivity contribution in [2.45, 2.75) is 26.1 Å². The summed E-state index contributed by atoms with van der Waals surface area (Å²) in [6.07, 6.45) is 0.995. The smallest absolute Gasteiger partial charge is 0.343 e. The highest BCUT2D eigenvalue weighted by molar-refractivity contribution is 6.04. The molecule has 184 valence electrons. The van der Waals surface area contributed by atoms with Crippen molar-refractivity contribution in [3.05, 3.63) is 90.3 Å². The van der Waals surface area contributed by atoms with Gasteiger partial charge < -0.3 is 10.6 Å². The third-order valence-electron chi connectivity index (χ3n) is 5.45. The van der Waals surface area contributed by atoms with Crippen molar-refractivity contribution in [2.24, 2.45) is 0 Å². The minimum Gasteiger partial charge on any atom is -0.343 e. The Balaban J connectivity index is 1.63. The molecule has 0 bridgehead atoms. The first kappa shape index (κ1) is 24.6. The van der Waals surface area contributed by atoms with Gasteiger partial charge in [0.05, 0.1) is 28.5 Å². The highest BCUT2D eigenvalue weighted by Gasteiger charge is 2.31. The second-order valence-electron chi connectivity index (χ2n) is 7.94. The molecule has 0 unspecified atom stereocenters. The number of hydrogen-bond acceptors (Lipinski definition) is 5. The molecule has 0 aliphatic rings. The summed E-state index contributed by atoms with van der Waals surface area (Å²) in [5, 5.41) is 5.18. The topological polar surface area (TPSA) is 101 Å². The molecule has 0 spiro atoms. The lowest BCUT2D eigenvalue weighted by molar-refractivity contribution is -0.137. The fourth-order valence-corrected chi connectivity index (χ4v) is 3.71. The van der Waals surface area contributed by atoms with Gasteiger partial charge in [0.15, 0.2) is 0 Å². The molecule has 3 heterocycles. The molecule has 36 heavy (non-hydrogen) atoms. The van der Waals surface area contributed by atoms with Crippen LogP contribution in [0.25, 0.3) is 16.8 Å². The van der Waals surface area contributed by atoms with Crippen LogP contribution in [0.5, 0.6) is 0 Å². The number of hydrogen-bond donors (Lipinski definition) is 2. The Bertz CT molecular complexity index is 1460. The van der Waals surface area contributed by atoms with Gasteiger partial charge in [-0.25, -0.2) is 9.97 Å². The quantitative estimate of drug-likeness (QED) is 0.377. The van der Waals surface area contributed by atoms with Gasteiger partial charge in [0.1, 0.15) is 11.6 Å². The second kappa shape index (κ2) is 9.61. The number of halogens is 3. The summed E-state index contributed by atoms with van der Waals surface area (Å²) in [7, 11) is 0. The van der Waals surface area contributed by atoms with Gasteiger partial charge in [-0.1, -0.05) is 18.7 Å². The number of benzene rings is 1. The summed E-state index contributed by atoms with van der Waals surface area (Å²) < 4.78 is 40.6. The summed E-state index contributed by atoms with van der Waals surface area (Å²) in [5.41, 5.74) is 2.05. The van der Waals surface area contributed by atoms with Crippen molar-refractivity contribution in [1.82, 2.24) is 24.7 Å². The van der Waals surface area contributed by atoms with Crippen molar-refractivity contribution in [1.29, 1.82) is 0 Å². The molecule has 4 aromatic rings. The first-order valence-corrected chi connectivity index (χ1v) is 10.8. The number of nitrogens with zero attached hydrogens (tertiary/aromatic N) is 4. The van der Waals surface area contributed by atoms with E-state index in [1.807, 2.05) is 11.3 Å². The van der Waals surface area contributed by atoms with Crippen LogP contribution < -0.4 is 10.6 Å². The minimum atomic E-state index is -4.55. The molecule has 0 saturated heterocycles. The maximum absolute atomic E-state index is 12.9. The van der Waals surface area contributed by atoms with Gasteiger partial charge in [-0.3, -0.25) is 19.0 Å². The average molecular weight is 494 g/mol. The van der Waals surface area contributed by atoms with Gasteiger partial charge in [0.25, 0.3) is 5.91 Å². The van der Waals surface area contributed by atoms with Gasteiger partial charge in [-0.05, 0) is 44.2 Å². The molecule has 3 aromatic heterocycles. The Hall–Kier alpha value is -4.54. The molecule has 2 N–H and O–H groups in total. The van der Waals surface area contributed by atoms with E-state index < -0.39 is 23.7 Å². The molecule has 0 aliphatic carbocycles. The molecule has 0 saturated carbocycles. The number of imidazole rings is 1. The van der Waals surface area contributed by atoms with Crippen molar-refractivity contribution < 1.29 is 22.8 Å². The normalized spacial score (nSPS) is 12.2. The van der Waals surface area contributed by atoms with Crippen LogP contribution in [0.3, 0.4) is 0 Å². The van der Waals surface area contributed by atoms with E-state index in [4.69, 9.17) is 4.98 Å². The fourth-order valence-electron chi connectivity index (χ4n) is 3.71. The van der Waals surface area contributed by atoms with E-state index in [0.717, 1.165) is 23.8 Å². The number of carbonyl (C=O) groups is 2. The summed E-state index contributed by atoms with van der Waals surface area (Å²) in [5.74, 6) is -0.571. The molecule has 8 nitrogen and oxygen atoms in total. The number of alkyl halides is 3. The molecule has 2 amide bonds. The summed E-state index contributed by atoms with van der Waals surface area (Å²) in [6, 6.07) is 7.61. The van der Waals surface area contributed by atoms with E-state index in [2.05, 4.69) is 27.2 Å². The van der Waals surface area contributed by atoms with E-state index in [0.29, 0.717) is 22.8 Å². The molecule has 0 radical (unpaired) electrons. The Kier molecular flexibility index (Phi) is 6.56. The number of aromatic nitrogens is 4. The van der Waals surface area contributed by atoms with E-state index >= 15 is 0 Å². The highest BCUT2D eigenvalue weighted by Crippen LogP contribution is 2.31. The third-order valence-corrected chi connectivity index (χ3v) is 5.45.